The monoisotopic (exact) mass is 520 g/mol. The number of ether oxygens (including phenoxy) is 1. The van der Waals surface area contributed by atoms with Crippen molar-refractivity contribution in [1.29, 1.82) is 0 Å². The van der Waals surface area contributed by atoms with Gasteiger partial charge in [0, 0.05) is 5.57 Å². The van der Waals surface area contributed by atoms with Crippen molar-refractivity contribution in [3.05, 3.63) is 41.7 Å². The summed E-state index contributed by atoms with van der Waals surface area (Å²) in [4.78, 5) is 11.3. The molecule has 0 atom stereocenters. The Labute approximate surface area is 197 Å². The number of hydrogen-bond donors (Lipinski definition) is 1. The van der Waals surface area contributed by atoms with Crippen LogP contribution in [-0.4, -0.2) is 68.2 Å². The molecule has 1 aliphatic heterocycles. The number of aliphatic carboxylic acids is 1. The molecule has 0 aliphatic carbocycles. The topological polar surface area (TPSA) is 92.7 Å². The fourth-order valence-corrected chi connectivity index (χ4v) is 11.9. The average Bonchev–Trinajstić information content (AvgIpc) is 2.80. The SMILES string of the molecule is CCCCCCCCC(=C(OC)C(=O)O)c1ccccc1.O1[SiH2]O[SiH2]O[SiH2]O[SiH2]O[SiH2]1. The second-order valence-electron chi connectivity index (χ2n) is 6.81. The van der Waals surface area contributed by atoms with E-state index in [1.807, 2.05) is 30.3 Å². The first-order valence-corrected chi connectivity index (χ1v) is 16.4. The molecule has 0 spiro atoms. The van der Waals surface area contributed by atoms with Gasteiger partial charge >= 0.3 is 5.97 Å². The number of benzene rings is 1. The van der Waals surface area contributed by atoms with Crippen LogP contribution in [-0.2, 0) is 30.1 Å². The van der Waals surface area contributed by atoms with Gasteiger partial charge in [-0.25, -0.2) is 4.79 Å². The average molecular weight is 521 g/mol. The van der Waals surface area contributed by atoms with Gasteiger partial charge in [0.15, 0.2) is 0 Å². The molecule has 31 heavy (non-hydrogen) atoms. The molecule has 2 rings (SSSR count). The molecule has 1 aliphatic rings. The highest BCUT2D eigenvalue weighted by molar-refractivity contribution is 6.50. The van der Waals surface area contributed by atoms with Crippen molar-refractivity contribution in [3.63, 3.8) is 0 Å². The molecule has 0 aromatic heterocycles. The molecule has 8 nitrogen and oxygen atoms in total. The Morgan fingerprint density at radius 1 is 0.839 bits per heavy atom. The molecule has 1 aromatic carbocycles. The van der Waals surface area contributed by atoms with Gasteiger partial charge in [-0.1, -0.05) is 69.4 Å². The first kappa shape index (κ1) is 28.1. The van der Waals surface area contributed by atoms with E-state index >= 15 is 0 Å². The number of unbranched alkanes of at least 4 members (excludes halogenated alkanes) is 5. The second-order valence-corrected chi connectivity index (χ2v) is 16.2. The molecule has 0 saturated carbocycles. The van der Waals surface area contributed by atoms with E-state index in [1.54, 1.807) is 0 Å². The van der Waals surface area contributed by atoms with Gasteiger partial charge < -0.3 is 30.4 Å². The maximum atomic E-state index is 11.3. The smallest absolute Gasteiger partial charge is 0.371 e. The standard InChI is InChI=1S/C18H26O3.H10O5Si5/c1-3-4-5-6-7-11-14-16(17(21-2)18(19)20)15-12-9-8-10-13-15;1-6-2-8-4-10-5-9-3-7-1/h8-10,12-13H,3-7,11,14H2,1-2H3,(H,19,20);6-10H2. The first-order chi connectivity index (χ1) is 15.2. The third kappa shape index (κ3) is 14.0. The minimum Gasteiger partial charge on any atom is -0.490 e. The number of rotatable bonds is 10. The summed E-state index contributed by atoms with van der Waals surface area (Å²) in [6.07, 6.45) is 7.86. The zero-order chi connectivity index (χ0) is 22.6. The van der Waals surface area contributed by atoms with E-state index in [1.165, 1.54) is 32.8 Å². The molecule has 0 bridgehead atoms. The van der Waals surface area contributed by atoms with Crippen LogP contribution in [0.25, 0.3) is 5.57 Å². The number of hydrogen-bond acceptors (Lipinski definition) is 7. The second kappa shape index (κ2) is 19.8. The van der Waals surface area contributed by atoms with Crippen LogP contribution >= 0.6 is 0 Å². The van der Waals surface area contributed by atoms with Gasteiger partial charge in [-0.3, -0.25) is 0 Å². The van der Waals surface area contributed by atoms with Crippen molar-refractivity contribution in [2.75, 3.05) is 7.11 Å². The highest BCUT2D eigenvalue weighted by Crippen LogP contribution is 2.26. The molecule has 1 aromatic rings. The van der Waals surface area contributed by atoms with E-state index in [0.29, 0.717) is 0 Å². The van der Waals surface area contributed by atoms with E-state index < -0.39 is 56.0 Å². The minimum absolute atomic E-state index is 0.0646. The Bertz CT molecular complexity index is 587. The molecular formula is C18H36O8Si5. The molecule has 1 N–H and O–H groups in total. The van der Waals surface area contributed by atoms with E-state index in [9.17, 15) is 9.90 Å². The lowest BCUT2D eigenvalue weighted by Gasteiger charge is -2.12. The van der Waals surface area contributed by atoms with Crippen LogP contribution in [0, 0.1) is 0 Å². The van der Waals surface area contributed by atoms with Crippen molar-refractivity contribution in [2.24, 2.45) is 0 Å². The molecular weight excluding hydrogens is 485 g/mol. The Balaban J connectivity index is 0.000000399. The third-order valence-corrected chi connectivity index (χ3v) is 11.1. The molecule has 1 fully saturated rings. The predicted octanol–water partition coefficient (Wildman–Crippen LogP) is -0.0437. The molecule has 0 amide bonds. The molecule has 1 saturated heterocycles. The minimum atomic E-state index is -0.998. The molecule has 13 heteroatoms. The zero-order valence-corrected chi connectivity index (χ0v) is 25.7. The normalized spacial score (nSPS) is 19.7. The van der Waals surface area contributed by atoms with E-state index in [-0.39, 0.29) is 5.76 Å². The van der Waals surface area contributed by atoms with Crippen LogP contribution in [0.15, 0.2) is 36.1 Å². The summed E-state index contributed by atoms with van der Waals surface area (Å²) in [5.74, 6) is -0.933. The van der Waals surface area contributed by atoms with Gasteiger partial charge in [0.25, 0.3) is 50.0 Å². The number of allylic oxidation sites excluding steroid dienone is 1. The van der Waals surface area contributed by atoms with Crippen LogP contribution in [0.5, 0.6) is 0 Å². The molecule has 1 heterocycles. The largest absolute Gasteiger partial charge is 0.490 e. The van der Waals surface area contributed by atoms with Crippen LogP contribution in [0.4, 0.5) is 0 Å². The number of methoxy groups -OCH3 is 1. The summed E-state index contributed by atoms with van der Waals surface area (Å²) in [6, 6.07) is 9.65. The summed E-state index contributed by atoms with van der Waals surface area (Å²) < 4.78 is 30.9. The van der Waals surface area contributed by atoms with E-state index in [0.717, 1.165) is 30.4 Å². The van der Waals surface area contributed by atoms with Crippen molar-refractivity contribution in [3.8, 4) is 0 Å². The Morgan fingerprint density at radius 2 is 1.32 bits per heavy atom. The number of carboxylic acids is 1. The first-order valence-electron chi connectivity index (χ1n) is 10.6. The van der Waals surface area contributed by atoms with Crippen LogP contribution in [0.1, 0.15) is 57.4 Å². The highest BCUT2D eigenvalue weighted by Gasteiger charge is 2.16. The fraction of sp³-hybridized carbons (Fsp3) is 0.500. The number of carboxylic acid groups (broad SMARTS) is 1. The molecule has 0 unspecified atom stereocenters. The van der Waals surface area contributed by atoms with Crippen molar-refractivity contribution in [2.45, 2.75) is 51.9 Å². The quantitative estimate of drug-likeness (QED) is 0.199. The van der Waals surface area contributed by atoms with Gasteiger partial charge in [0.05, 0.1) is 7.11 Å². The summed E-state index contributed by atoms with van der Waals surface area (Å²) >= 11 is 0. The van der Waals surface area contributed by atoms with Gasteiger partial charge in [0.2, 0.25) is 5.76 Å². The van der Waals surface area contributed by atoms with Crippen molar-refractivity contribution < 1.29 is 35.2 Å². The van der Waals surface area contributed by atoms with Gasteiger partial charge in [-0.05, 0) is 18.4 Å². The Morgan fingerprint density at radius 3 is 1.77 bits per heavy atom. The van der Waals surface area contributed by atoms with Gasteiger partial charge in [-0.2, -0.15) is 0 Å². The maximum Gasteiger partial charge on any atom is 0.371 e. The zero-order valence-electron chi connectivity index (χ0n) is 18.7. The predicted molar refractivity (Wildman–Crippen MR) is 134 cm³/mol. The van der Waals surface area contributed by atoms with Crippen LogP contribution in [0.3, 0.4) is 0 Å². The van der Waals surface area contributed by atoms with Crippen LogP contribution in [0.2, 0.25) is 0 Å². The van der Waals surface area contributed by atoms with Crippen LogP contribution < -0.4 is 0 Å². The summed E-state index contributed by atoms with van der Waals surface area (Å²) in [5, 5.41) is 9.29. The third-order valence-electron chi connectivity index (χ3n) is 4.41. The van der Waals surface area contributed by atoms with E-state index in [4.69, 9.17) is 25.3 Å². The Kier molecular flexibility index (Phi) is 18.0. The van der Waals surface area contributed by atoms with Crippen molar-refractivity contribution >= 4 is 61.6 Å². The fourth-order valence-electron chi connectivity index (χ4n) is 2.91. The van der Waals surface area contributed by atoms with Gasteiger partial charge in [-0.15, -0.1) is 0 Å². The Hall–Kier alpha value is -0.886. The molecule has 176 valence electrons. The lowest BCUT2D eigenvalue weighted by Crippen LogP contribution is -2.23. The maximum absolute atomic E-state index is 11.3. The van der Waals surface area contributed by atoms with Gasteiger partial charge in [0.1, 0.15) is 0 Å². The lowest BCUT2D eigenvalue weighted by molar-refractivity contribution is -0.135. The summed E-state index contributed by atoms with van der Waals surface area (Å²) in [6.45, 7) is 2.20. The summed E-state index contributed by atoms with van der Waals surface area (Å²) in [7, 11) is -2.19. The highest BCUT2D eigenvalue weighted by atomic mass is 28.4. The summed E-state index contributed by atoms with van der Waals surface area (Å²) in [5.41, 5.74) is 1.73. The molecule has 0 radical (unpaired) electrons. The van der Waals surface area contributed by atoms with E-state index in [2.05, 4.69) is 6.92 Å². The van der Waals surface area contributed by atoms with Crippen molar-refractivity contribution in [1.82, 2.24) is 0 Å². The lowest BCUT2D eigenvalue weighted by atomic mass is 9.97. The number of carbonyl (C=O) groups is 1.